The highest BCUT2D eigenvalue weighted by atomic mass is 15.1. The number of nitrogens with zero attached hydrogens (tertiary/aromatic N) is 1. The summed E-state index contributed by atoms with van der Waals surface area (Å²) in [5.74, 6) is 0. The molecule has 1 heteroatoms. The zero-order valence-corrected chi connectivity index (χ0v) is 27.8. The molecule has 0 aromatic heterocycles. The second kappa shape index (κ2) is 11.9. The van der Waals surface area contributed by atoms with Crippen LogP contribution >= 0.6 is 0 Å². The van der Waals surface area contributed by atoms with Gasteiger partial charge in [0, 0.05) is 22.4 Å². The van der Waals surface area contributed by atoms with E-state index in [0.29, 0.717) is 0 Å². The standard InChI is InChI=1S/C50H31N/c1-2-12-37-31-42(30-21-34(37)11-1)51(40-26-22-35(23-27-40)49-32-38-13-3-5-15-43(38)45-17-7-9-19-47(45)49)41-28-24-36(25-29-41)50-33-39-14-4-6-16-44(39)46-18-8-10-20-48(46)50/h1-3,5-13,15-33H. The molecule has 1 nitrogen and oxygen atoms in total. The second-order valence-corrected chi connectivity index (χ2v) is 13.2. The van der Waals surface area contributed by atoms with E-state index < -0.39 is 0 Å². The van der Waals surface area contributed by atoms with Crippen molar-refractivity contribution in [1.29, 1.82) is 0 Å². The molecule has 10 aromatic carbocycles. The van der Waals surface area contributed by atoms with Crippen LogP contribution in [0.4, 0.5) is 17.1 Å². The van der Waals surface area contributed by atoms with Crippen molar-refractivity contribution in [2.75, 3.05) is 4.90 Å². The van der Waals surface area contributed by atoms with Crippen molar-refractivity contribution in [2.45, 2.75) is 0 Å². The molecule has 236 valence electrons. The van der Waals surface area contributed by atoms with Crippen LogP contribution in [0.15, 0.2) is 188 Å². The van der Waals surface area contributed by atoms with Gasteiger partial charge in [-0.1, -0.05) is 140 Å². The van der Waals surface area contributed by atoms with E-state index in [9.17, 15) is 0 Å². The SMILES string of the molecule is c1ccc2c(c#1)cc(-c1ccc(N(c3ccc(-c4cc5ccccc5c5ccccc45)cc3)c3ccc4ccccc4c3)cc1)c1ccccc12. The fourth-order valence-corrected chi connectivity index (χ4v) is 7.80. The maximum atomic E-state index is 3.34. The Bertz CT molecular complexity index is 2740. The summed E-state index contributed by atoms with van der Waals surface area (Å²) in [7, 11) is 0. The third-order valence-electron chi connectivity index (χ3n) is 10.3. The molecule has 0 aliphatic carbocycles. The molecule has 0 fully saturated rings. The lowest BCUT2D eigenvalue weighted by Gasteiger charge is -2.26. The molecule has 0 bridgehead atoms. The Kier molecular flexibility index (Phi) is 6.79. The number of fused-ring (bicyclic) bond motifs is 7. The van der Waals surface area contributed by atoms with Crippen LogP contribution < -0.4 is 4.90 Å². The molecule has 0 saturated carbocycles. The van der Waals surface area contributed by atoms with E-state index in [1.165, 1.54) is 70.7 Å². The number of rotatable bonds is 5. The molecule has 0 spiro atoms. The Balaban J connectivity index is 1.10. The van der Waals surface area contributed by atoms with Crippen LogP contribution in [0.5, 0.6) is 0 Å². The van der Waals surface area contributed by atoms with Crippen molar-refractivity contribution in [2.24, 2.45) is 0 Å². The lowest BCUT2D eigenvalue weighted by atomic mass is 9.93. The summed E-state index contributed by atoms with van der Waals surface area (Å²) in [6, 6.07) is 74.6. The van der Waals surface area contributed by atoms with Gasteiger partial charge in [0.05, 0.1) is 0 Å². The zero-order valence-electron chi connectivity index (χ0n) is 27.8. The van der Waals surface area contributed by atoms with E-state index >= 15 is 0 Å². The largest absolute Gasteiger partial charge is 0.310 e. The van der Waals surface area contributed by atoms with Gasteiger partial charge in [0.2, 0.25) is 0 Å². The Morgan fingerprint density at radius 2 is 0.843 bits per heavy atom. The van der Waals surface area contributed by atoms with E-state index in [1.807, 2.05) is 6.07 Å². The molecular formula is C50H31N. The predicted molar refractivity (Wildman–Crippen MR) is 217 cm³/mol. The summed E-state index contributed by atoms with van der Waals surface area (Å²) in [4.78, 5) is 2.36. The smallest absolute Gasteiger partial charge is 0.0468 e. The molecule has 0 aliphatic heterocycles. The highest BCUT2D eigenvalue weighted by molar-refractivity contribution is 6.14. The number of anilines is 3. The van der Waals surface area contributed by atoms with Gasteiger partial charge in [-0.15, -0.1) is 0 Å². The topological polar surface area (TPSA) is 3.24 Å². The summed E-state index contributed by atoms with van der Waals surface area (Å²) in [5, 5.41) is 12.3. The van der Waals surface area contributed by atoms with Crippen molar-refractivity contribution >= 4 is 70.9 Å². The van der Waals surface area contributed by atoms with Gasteiger partial charge in [-0.25, -0.2) is 0 Å². The van der Waals surface area contributed by atoms with Crippen LogP contribution in [-0.4, -0.2) is 0 Å². The first-order valence-corrected chi connectivity index (χ1v) is 17.4. The third-order valence-corrected chi connectivity index (χ3v) is 10.3. The molecule has 0 radical (unpaired) electrons. The first-order chi connectivity index (χ1) is 25.3. The molecule has 0 atom stereocenters. The van der Waals surface area contributed by atoms with Gasteiger partial charge in [0.15, 0.2) is 0 Å². The van der Waals surface area contributed by atoms with E-state index in [-0.39, 0.29) is 0 Å². The predicted octanol–water partition coefficient (Wildman–Crippen LogP) is 13.9. The molecule has 10 aromatic rings. The minimum atomic E-state index is 1.08. The van der Waals surface area contributed by atoms with Crippen molar-refractivity contribution in [1.82, 2.24) is 0 Å². The summed E-state index contributed by atoms with van der Waals surface area (Å²) in [5.41, 5.74) is 8.14. The highest BCUT2D eigenvalue weighted by Gasteiger charge is 2.16. The van der Waals surface area contributed by atoms with Crippen LogP contribution in [0, 0.1) is 12.1 Å². The molecule has 0 aliphatic rings. The van der Waals surface area contributed by atoms with E-state index in [0.717, 1.165) is 22.4 Å². The lowest BCUT2D eigenvalue weighted by molar-refractivity contribution is 1.29. The van der Waals surface area contributed by atoms with Gasteiger partial charge in [-0.05, 0) is 131 Å². The fraction of sp³-hybridized carbons (Fsp3) is 0. The number of hydrogen-bond acceptors (Lipinski definition) is 1. The monoisotopic (exact) mass is 645 g/mol. The number of benzene rings is 9. The first-order valence-electron chi connectivity index (χ1n) is 17.4. The lowest BCUT2D eigenvalue weighted by Crippen LogP contribution is -2.09. The summed E-state index contributed by atoms with van der Waals surface area (Å²) >= 11 is 0. The van der Waals surface area contributed by atoms with Crippen LogP contribution in [0.25, 0.3) is 76.1 Å². The molecular weight excluding hydrogens is 615 g/mol. The van der Waals surface area contributed by atoms with Gasteiger partial charge >= 0.3 is 0 Å². The molecule has 0 unspecified atom stereocenters. The maximum Gasteiger partial charge on any atom is 0.0468 e. The van der Waals surface area contributed by atoms with Gasteiger partial charge in [0.25, 0.3) is 0 Å². The van der Waals surface area contributed by atoms with Crippen molar-refractivity contribution < 1.29 is 0 Å². The highest BCUT2D eigenvalue weighted by Crippen LogP contribution is 2.41. The van der Waals surface area contributed by atoms with E-state index in [2.05, 4.69) is 199 Å². The summed E-state index contributed by atoms with van der Waals surface area (Å²) in [6.07, 6.45) is 0. The van der Waals surface area contributed by atoms with Crippen molar-refractivity contribution in [3.63, 3.8) is 0 Å². The normalized spacial score (nSPS) is 11.4. The Hall–Kier alpha value is -6.88. The Labute approximate surface area is 297 Å². The number of hydrogen-bond donors (Lipinski definition) is 0. The van der Waals surface area contributed by atoms with Crippen molar-refractivity contribution in [3.05, 3.63) is 200 Å². The van der Waals surface area contributed by atoms with Gasteiger partial charge in [0.1, 0.15) is 0 Å². The quantitative estimate of drug-likeness (QED) is 0.168. The minimum absolute atomic E-state index is 1.08. The second-order valence-electron chi connectivity index (χ2n) is 13.2. The minimum Gasteiger partial charge on any atom is -0.310 e. The average molecular weight is 646 g/mol. The van der Waals surface area contributed by atoms with Gasteiger partial charge in [-0.3, -0.25) is 0 Å². The first kappa shape index (κ1) is 29.1. The molecule has 0 N–H and O–H groups in total. The van der Waals surface area contributed by atoms with Gasteiger partial charge < -0.3 is 4.90 Å². The van der Waals surface area contributed by atoms with Crippen molar-refractivity contribution in [3.8, 4) is 22.3 Å². The molecule has 0 heterocycles. The molecule has 10 rings (SSSR count). The molecule has 0 amide bonds. The van der Waals surface area contributed by atoms with E-state index in [4.69, 9.17) is 0 Å². The Morgan fingerprint density at radius 3 is 1.51 bits per heavy atom. The van der Waals surface area contributed by atoms with Crippen LogP contribution in [0.3, 0.4) is 0 Å². The fourth-order valence-electron chi connectivity index (χ4n) is 7.80. The van der Waals surface area contributed by atoms with Crippen LogP contribution in [0.2, 0.25) is 0 Å². The maximum absolute atomic E-state index is 3.34. The Morgan fingerprint density at radius 1 is 0.333 bits per heavy atom. The van der Waals surface area contributed by atoms with Crippen LogP contribution in [-0.2, 0) is 0 Å². The van der Waals surface area contributed by atoms with Crippen LogP contribution in [0.1, 0.15) is 0 Å². The summed E-state index contributed by atoms with van der Waals surface area (Å²) in [6.45, 7) is 0. The molecule has 0 saturated heterocycles. The average Bonchev–Trinajstić information content (AvgIpc) is 3.21. The summed E-state index contributed by atoms with van der Waals surface area (Å²) < 4.78 is 0. The van der Waals surface area contributed by atoms with Gasteiger partial charge in [-0.2, -0.15) is 0 Å². The van der Waals surface area contributed by atoms with E-state index in [1.54, 1.807) is 0 Å². The third kappa shape index (κ3) is 4.97. The molecule has 51 heavy (non-hydrogen) atoms. The zero-order chi connectivity index (χ0) is 33.7.